The minimum Gasteiger partial charge on any atom is -0.398 e. The monoisotopic (exact) mass is 283 g/mol. The summed E-state index contributed by atoms with van der Waals surface area (Å²) >= 11 is 0. The Bertz CT molecular complexity index is 753. The predicted molar refractivity (Wildman–Crippen MR) is 77.8 cm³/mol. The second kappa shape index (κ2) is 5.70. The number of nitrogens with zero attached hydrogens (tertiary/aromatic N) is 4. The van der Waals surface area contributed by atoms with Gasteiger partial charge >= 0.3 is 0 Å². The van der Waals surface area contributed by atoms with Gasteiger partial charge in [-0.3, -0.25) is 0 Å². The second-order valence-corrected chi connectivity index (χ2v) is 4.65. The molecule has 5 nitrogen and oxygen atoms in total. The molecule has 6 heteroatoms. The first-order valence-corrected chi connectivity index (χ1v) is 6.60. The number of nitrogens with two attached hydrogens (primary N) is 1. The molecule has 1 heterocycles. The van der Waals surface area contributed by atoms with E-state index in [0.717, 1.165) is 5.56 Å². The lowest BCUT2D eigenvalue weighted by Crippen LogP contribution is -2.07. The molecule has 0 unspecified atom stereocenters. The van der Waals surface area contributed by atoms with Gasteiger partial charge in [-0.05, 0) is 40.6 Å². The molecular weight excluding hydrogens is 269 g/mol. The van der Waals surface area contributed by atoms with E-state index in [1.54, 1.807) is 22.9 Å². The van der Waals surface area contributed by atoms with Crippen LogP contribution in [0.5, 0.6) is 0 Å². The number of halogens is 1. The number of anilines is 1. The van der Waals surface area contributed by atoms with Crippen molar-refractivity contribution < 1.29 is 4.39 Å². The van der Waals surface area contributed by atoms with E-state index in [0.29, 0.717) is 30.0 Å². The maximum Gasteiger partial charge on any atom is 0.184 e. The third kappa shape index (κ3) is 2.74. The minimum atomic E-state index is -0.216. The fraction of sp³-hybridized carbons (Fsp3) is 0.133. The minimum absolute atomic E-state index is 0.216. The maximum atomic E-state index is 13.6. The van der Waals surface area contributed by atoms with E-state index in [4.69, 9.17) is 5.73 Å². The Morgan fingerprint density at radius 2 is 1.81 bits per heavy atom. The van der Waals surface area contributed by atoms with Crippen molar-refractivity contribution in [1.29, 1.82) is 0 Å². The zero-order valence-corrected chi connectivity index (χ0v) is 11.3. The molecule has 3 rings (SSSR count). The smallest absolute Gasteiger partial charge is 0.184 e. The van der Waals surface area contributed by atoms with Gasteiger partial charge in [-0.1, -0.05) is 30.3 Å². The van der Waals surface area contributed by atoms with Crippen LogP contribution in [0, 0.1) is 5.82 Å². The zero-order chi connectivity index (χ0) is 14.7. The average Bonchev–Trinajstić information content (AvgIpc) is 2.95. The molecule has 2 aromatic carbocycles. The van der Waals surface area contributed by atoms with Crippen LogP contribution in [0.4, 0.5) is 10.1 Å². The summed E-state index contributed by atoms with van der Waals surface area (Å²) < 4.78 is 15.3. The third-order valence-electron chi connectivity index (χ3n) is 3.28. The normalized spacial score (nSPS) is 10.7. The summed E-state index contributed by atoms with van der Waals surface area (Å²) in [6.07, 6.45) is 0.511. The van der Waals surface area contributed by atoms with Crippen molar-refractivity contribution >= 4 is 5.69 Å². The Hall–Kier alpha value is -2.76. The molecule has 0 spiro atoms. The van der Waals surface area contributed by atoms with E-state index in [1.807, 2.05) is 24.3 Å². The molecule has 3 aromatic rings. The molecule has 2 N–H and O–H groups in total. The van der Waals surface area contributed by atoms with Gasteiger partial charge in [0, 0.05) is 17.8 Å². The molecule has 0 aliphatic carbocycles. The Kier molecular flexibility index (Phi) is 3.59. The predicted octanol–water partition coefficient (Wildman–Crippen LogP) is 2.30. The lowest BCUT2D eigenvalue weighted by Gasteiger charge is -2.07. The van der Waals surface area contributed by atoms with Gasteiger partial charge in [-0.25, -0.2) is 9.07 Å². The van der Waals surface area contributed by atoms with Gasteiger partial charge in [-0.15, -0.1) is 5.10 Å². The Morgan fingerprint density at radius 3 is 2.62 bits per heavy atom. The van der Waals surface area contributed by atoms with Crippen LogP contribution >= 0.6 is 0 Å². The fourth-order valence-corrected chi connectivity index (χ4v) is 2.18. The molecule has 0 fully saturated rings. The van der Waals surface area contributed by atoms with Crippen molar-refractivity contribution in [3.63, 3.8) is 0 Å². The molecule has 0 amide bonds. The van der Waals surface area contributed by atoms with Crippen LogP contribution in [-0.2, 0) is 13.0 Å². The maximum absolute atomic E-state index is 13.6. The number of aryl methyl sites for hydroxylation is 2. The molecule has 0 radical (unpaired) electrons. The topological polar surface area (TPSA) is 69.6 Å². The number of rotatable bonds is 4. The highest BCUT2D eigenvalue weighted by Crippen LogP contribution is 2.22. The first kappa shape index (κ1) is 13.2. The molecule has 106 valence electrons. The van der Waals surface area contributed by atoms with Crippen molar-refractivity contribution in [1.82, 2.24) is 20.2 Å². The fourth-order valence-electron chi connectivity index (χ4n) is 2.18. The van der Waals surface area contributed by atoms with E-state index >= 15 is 0 Å². The van der Waals surface area contributed by atoms with Crippen LogP contribution in [0.3, 0.4) is 0 Å². The first-order chi connectivity index (χ1) is 10.3. The summed E-state index contributed by atoms with van der Waals surface area (Å²) in [5.41, 5.74) is 7.97. The highest BCUT2D eigenvalue weighted by Gasteiger charge is 2.12. The number of hydrogen-bond acceptors (Lipinski definition) is 4. The van der Waals surface area contributed by atoms with E-state index in [1.165, 1.54) is 6.07 Å². The summed E-state index contributed by atoms with van der Waals surface area (Å²) in [7, 11) is 0. The molecule has 1 aromatic heterocycles. The SMILES string of the molecule is Nc1ccccc1-c1nnnn1CCc1ccccc1F. The van der Waals surface area contributed by atoms with Gasteiger partial charge in [0.2, 0.25) is 0 Å². The van der Waals surface area contributed by atoms with Crippen molar-refractivity contribution in [3.05, 3.63) is 59.9 Å². The zero-order valence-electron chi connectivity index (χ0n) is 11.3. The molecule has 0 bridgehead atoms. The summed E-state index contributed by atoms with van der Waals surface area (Å²) in [4.78, 5) is 0. The molecule has 0 atom stereocenters. The Morgan fingerprint density at radius 1 is 1.05 bits per heavy atom. The van der Waals surface area contributed by atoms with Crippen molar-refractivity contribution in [2.45, 2.75) is 13.0 Å². The van der Waals surface area contributed by atoms with Gasteiger partial charge < -0.3 is 5.73 Å². The standard InChI is InChI=1S/C15H14FN5/c16-13-7-3-1-5-11(13)9-10-21-15(18-19-20-21)12-6-2-4-8-14(12)17/h1-8H,9-10,17H2. The Labute approximate surface area is 121 Å². The first-order valence-electron chi connectivity index (χ1n) is 6.60. The van der Waals surface area contributed by atoms with Crippen LogP contribution in [0.25, 0.3) is 11.4 Å². The number of aromatic nitrogens is 4. The summed E-state index contributed by atoms with van der Waals surface area (Å²) in [5.74, 6) is 0.371. The third-order valence-corrected chi connectivity index (χ3v) is 3.28. The van der Waals surface area contributed by atoms with Crippen molar-refractivity contribution in [2.24, 2.45) is 0 Å². The van der Waals surface area contributed by atoms with Crippen LogP contribution in [-0.4, -0.2) is 20.2 Å². The number of para-hydroxylation sites is 1. The highest BCUT2D eigenvalue weighted by molar-refractivity contribution is 5.70. The van der Waals surface area contributed by atoms with Gasteiger partial charge in [-0.2, -0.15) is 0 Å². The van der Waals surface area contributed by atoms with Crippen molar-refractivity contribution in [2.75, 3.05) is 5.73 Å². The number of hydrogen-bond donors (Lipinski definition) is 1. The van der Waals surface area contributed by atoms with E-state index in [-0.39, 0.29) is 5.82 Å². The van der Waals surface area contributed by atoms with Gasteiger partial charge in [0.25, 0.3) is 0 Å². The van der Waals surface area contributed by atoms with Gasteiger partial charge in [0.15, 0.2) is 5.82 Å². The Balaban J connectivity index is 1.84. The average molecular weight is 283 g/mol. The van der Waals surface area contributed by atoms with E-state index in [9.17, 15) is 4.39 Å². The lowest BCUT2D eigenvalue weighted by molar-refractivity contribution is 0.563. The lowest BCUT2D eigenvalue weighted by atomic mass is 10.1. The molecule has 21 heavy (non-hydrogen) atoms. The molecule has 0 saturated carbocycles. The largest absolute Gasteiger partial charge is 0.398 e. The quantitative estimate of drug-likeness (QED) is 0.746. The highest BCUT2D eigenvalue weighted by atomic mass is 19.1. The molecule has 0 aliphatic heterocycles. The number of benzene rings is 2. The van der Waals surface area contributed by atoms with E-state index in [2.05, 4.69) is 15.5 Å². The van der Waals surface area contributed by atoms with Gasteiger partial charge in [0.1, 0.15) is 5.82 Å². The van der Waals surface area contributed by atoms with Crippen LogP contribution < -0.4 is 5.73 Å². The molecular formula is C15H14FN5. The summed E-state index contributed by atoms with van der Waals surface area (Å²) in [6, 6.07) is 14.1. The molecule has 0 aliphatic rings. The number of nitrogen functional groups attached to an aromatic ring is 1. The van der Waals surface area contributed by atoms with Gasteiger partial charge in [0.05, 0.1) is 0 Å². The summed E-state index contributed by atoms with van der Waals surface area (Å²) in [6.45, 7) is 0.484. The molecule has 0 saturated heterocycles. The van der Waals surface area contributed by atoms with Crippen LogP contribution in [0.15, 0.2) is 48.5 Å². The second-order valence-electron chi connectivity index (χ2n) is 4.65. The van der Waals surface area contributed by atoms with E-state index < -0.39 is 0 Å². The summed E-state index contributed by atoms with van der Waals surface area (Å²) in [5, 5.41) is 11.7. The van der Waals surface area contributed by atoms with Crippen LogP contribution in [0.2, 0.25) is 0 Å². The van der Waals surface area contributed by atoms with Crippen LogP contribution in [0.1, 0.15) is 5.56 Å². The van der Waals surface area contributed by atoms with Crippen molar-refractivity contribution in [3.8, 4) is 11.4 Å². The number of tetrazole rings is 1.